The summed E-state index contributed by atoms with van der Waals surface area (Å²) in [5.74, 6) is 0.356. The SMILES string of the molecule is Cc1ccc(-c2cc(C(=O)NN=CC=Cc3ccco3)[nH]n2)cc1C. The number of hydrogen-bond donors (Lipinski definition) is 2. The molecular formula is C19H18N4O2. The van der Waals surface area contributed by atoms with Gasteiger partial charge in [0.1, 0.15) is 11.5 Å². The molecule has 6 heteroatoms. The highest BCUT2D eigenvalue weighted by molar-refractivity contribution is 5.93. The zero-order chi connectivity index (χ0) is 17.6. The number of hydrazone groups is 1. The first-order chi connectivity index (χ1) is 12.1. The van der Waals surface area contributed by atoms with E-state index in [4.69, 9.17) is 4.42 Å². The molecule has 0 saturated carbocycles. The molecule has 0 spiro atoms. The van der Waals surface area contributed by atoms with Gasteiger partial charge in [-0.05, 0) is 61.4 Å². The average molecular weight is 334 g/mol. The number of H-pyrrole nitrogens is 1. The number of hydrogen-bond acceptors (Lipinski definition) is 4. The zero-order valence-corrected chi connectivity index (χ0v) is 14.0. The van der Waals surface area contributed by atoms with Crippen molar-refractivity contribution < 1.29 is 9.21 Å². The highest BCUT2D eigenvalue weighted by atomic mass is 16.3. The Balaban J connectivity index is 1.61. The van der Waals surface area contributed by atoms with E-state index in [1.54, 1.807) is 30.5 Å². The van der Waals surface area contributed by atoms with Crippen molar-refractivity contribution in [2.75, 3.05) is 0 Å². The molecule has 3 aromatic rings. The van der Waals surface area contributed by atoms with Crippen LogP contribution in [0.15, 0.2) is 58.3 Å². The predicted octanol–water partition coefficient (Wildman–Crippen LogP) is 3.72. The number of rotatable bonds is 5. The number of aryl methyl sites for hydroxylation is 2. The summed E-state index contributed by atoms with van der Waals surface area (Å²) in [5, 5.41) is 10.8. The van der Waals surface area contributed by atoms with Crippen LogP contribution in [-0.2, 0) is 0 Å². The van der Waals surface area contributed by atoms with Gasteiger partial charge in [-0.2, -0.15) is 10.2 Å². The van der Waals surface area contributed by atoms with E-state index in [1.165, 1.54) is 17.3 Å². The Kier molecular flexibility index (Phi) is 4.89. The smallest absolute Gasteiger partial charge is 0.289 e. The summed E-state index contributed by atoms with van der Waals surface area (Å²) in [6.45, 7) is 4.10. The van der Waals surface area contributed by atoms with Crippen LogP contribution in [0.5, 0.6) is 0 Å². The van der Waals surface area contributed by atoms with Gasteiger partial charge >= 0.3 is 0 Å². The molecule has 1 aromatic carbocycles. The molecule has 2 heterocycles. The lowest BCUT2D eigenvalue weighted by Gasteiger charge is -2.01. The molecule has 0 aliphatic carbocycles. The highest BCUT2D eigenvalue weighted by Gasteiger charge is 2.10. The van der Waals surface area contributed by atoms with Crippen LogP contribution in [0.1, 0.15) is 27.4 Å². The molecule has 0 unspecified atom stereocenters. The van der Waals surface area contributed by atoms with Gasteiger partial charge in [0.25, 0.3) is 5.91 Å². The highest BCUT2D eigenvalue weighted by Crippen LogP contribution is 2.20. The standard InChI is InChI=1S/C19H18N4O2/c1-13-7-8-15(11-14(13)2)17-12-18(22-21-17)19(24)23-20-9-3-5-16-6-4-10-25-16/h3-12H,1-2H3,(H,21,22)(H,23,24). The molecular weight excluding hydrogens is 316 g/mol. The van der Waals surface area contributed by atoms with Gasteiger partial charge in [0.15, 0.2) is 0 Å². The predicted molar refractivity (Wildman–Crippen MR) is 97.2 cm³/mol. The molecule has 2 N–H and O–H groups in total. The first kappa shape index (κ1) is 16.4. The molecule has 0 aliphatic rings. The Morgan fingerprint density at radius 3 is 2.88 bits per heavy atom. The van der Waals surface area contributed by atoms with Crippen LogP contribution in [0.4, 0.5) is 0 Å². The molecule has 2 aromatic heterocycles. The van der Waals surface area contributed by atoms with Gasteiger partial charge in [-0.1, -0.05) is 12.1 Å². The number of benzene rings is 1. The Morgan fingerprint density at radius 1 is 1.24 bits per heavy atom. The van der Waals surface area contributed by atoms with E-state index in [0.29, 0.717) is 11.5 Å². The number of allylic oxidation sites excluding steroid dienone is 1. The van der Waals surface area contributed by atoms with Gasteiger partial charge in [0.05, 0.1) is 12.0 Å². The third kappa shape index (κ3) is 4.11. The van der Waals surface area contributed by atoms with E-state index < -0.39 is 0 Å². The Hall–Kier alpha value is -3.41. The van der Waals surface area contributed by atoms with Gasteiger partial charge in [-0.15, -0.1) is 0 Å². The fraction of sp³-hybridized carbons (Fsp3) is 0.105. The number of carbonyl (C=O) groups excluding carboxylic acids is 1. The summed E-state index contributed by atoms with van der Waals surface area (Å²) in [6.07, 6.45) is 6.47. The fourth-order valence-electron chi connectivity index (χ4n) is 2.21. The molecule has 0 radical (unpaired) electrons. The van der Waals surface area contributed by atoms with Crippen LogP contribution in [0.3, 0.4) is 0 Å². The molecule has 0 saturated heterocycles. The van der Waals surface area contributed by atoms with Crippen molar-refractivity contribution in [2.24, 2.45) is 5.10 Å². The summed E-state index contributed by atoms with van der Waals surface area (Å²) < 4.78 is 5.14. The number of nitrogens with zero attached hydrogens (tertiary/aromatic N) is 2. The largest absolute Gasteiger partial charge is 0.465 e. The lowest BCUT2D eigenvalue weighted by molar-refractivity contribution is 0.0950. The number of carbonyl (C=O) groups is 1. The number of nitrogens with one attached hydrogen (secondary N) is 2. The molecule has 3 rings (SSSR count). The lowest BCUT2D eigenvalue weighted by atomic mass is 10.0. The fourth-order valence-corrected chi connectivity index (χ4v) is 2.21. The molecule has 6 nitrogen and oxygen atoms in total. The van der Waals surface area contributed by atoms with Gasteiger partial charge in [0.2, 0.25) is 0 Å². The molecule has 1 amide bonds. The van der Waals surface area contributed by atoms with Crippen molar-refractivity contribution in [3.05, 3.63) is 71.3 Å². The minimum absolute atomic E-state index is 0.348. The van der Waals surface area contributed by atoms with E-state index in [2.05, 4.69) is 27.6 Å². The number of amides is 1. The monoisotopic (exact) mass is 334 g/mol. The van der Waals surface area contributed by atoms with Crippen LogP contribution in [0, 0.1) is 13.8 Å². The second kappa shape index (κ2) is 7.44. The Labute approximate surface area is 145 Å². The van der Waals surface area contributed by atoms with Crippen molar-refractivity contribution in [1.29, 1.82) is 0 Å². The molecule has 0 bridgehead atoms. The summed E-state index contributed by atoms with van der Waals surface area (Å²) in [6, 6.07) is 11.4. The van der Waals surface area contributed by atoms with Crippen LogP contribution in [0.2, 0.25) is 0 Å². The van der Waals surface area contributed by atoms with Gasteiger partial charge in [-0.3, -0.25) is 9.89 Å². The summed E-state index contributed by atoms with van der Waals surface area (Å²) in [5.41, 5.74) is 6.87. The maximum absolute atomic E-state index is 12.1. The van der Waals surface area contributed by atoms with E-state index in [-0.39, 0.29) is 5.91 Å². The number of aromatic nitrogens is 2. The first-order valence-electron chi connectivity index (χ1n) is 7.80. The quantitative estimate of drug-likeness (QED) is 0.551. The van der Waals surface area contributed by atoms with Gasteiger partial charge < -0.3 is 4.42 Å². The molecule has 0 fully saturated rings. The average Bonchev–Trinajstić information content (AvgIpc) is 3.28. The van der Waals surface area contributed by atoms with Crippen molar-refractivity contribution in [2.45, 2.75) is 13.8 Å². The normalized spacial score (nSPS) is 11.4. The van der Waals surface area contributed by atoms with E-state index in [9.17, 15) is 4.79 Å². The summed E-state index contributed by atoms with van der Waals surface area (Å²) >= 11 is 0. The second-order valence-electron chi connectivity index (χ2n) is 5.56. The summed E-state index contributed by atoms with van der Waals surface area (Å²) in [4.78, 5) is 12.1. The van der Waals surface area contributed by atoms with Crippen molar-refractivity contribution in [3.63, 3.8) is 0 Å². The van der Waals surface area contributed by atoms with E-state index in [0.717, 1.165) is 11.3 Å². The molecule has 126 valence electrons. The second-order valence-corrected chi connectivity index (χ2v) is 5.56. The third-order valence-corrected chi connectivity index (χ3v) is 3.76. The Morgan fingerprint density at radius 2 is 2.12 bits per heavy atom. The van der Waals surface area contributed by atoms with Crippen LogP contribution in [-0.4, -0.2) is 22.3 Å². The van der Waals surface area contributed by atoms with Gasteiger partial charge in [0, 0.05) is 11.8 Å². The molecule has 0 atom stereocenters. The van der Waals surface area contributed by atoms with Crippen molar-refractivity contribution in [1.82, 2.24) is 15.6 Å². The van der Waals surface area contributed by atoms with Crippen molar-refractivity contribution >= 4 is 18.2 Å². The molecule has 25 heavy (non-hydrogen) atoms. The Bertz CT molecular complexity index is 921. The maximum atomic E-state index is 12.1. The van der Waals surface area contributed by atoms with Crippen LogP contribution in [0.25, 0.3) is 17.3 Å². The zero-order valence-electron chi connectivity index (χ0n) is 14.0. The topological polar surface area (TPSA) is 83.3 Å². The minimum Gasteiger partial charge on any atom is -0.465 e. The van der Waals surface area contributed by atoms with E-state index in [1.807, 2.05) is 31.2 Å². The maximum Gasteiger partial charge on any atom is 0.289 e. The number of aromatic amines is 1. The van der Waals surface area contributed by atoms with E-state index >= 15 is 0 Å². The van der Waals surface area contributed by atoms with Crippen molar-refractivity contribution in [3.8, 4) is 11.3 Å². The molecule has 0 aliphatic heterocycles. The minimum atomic E-state index is -0.356. The van der Waals surface area contributed by atoms with Crippen LogP contribution < -0.4 is 5.43 Å². The van der Waals surface area contributed by atoms with Gasteiger partial charge in [-0.25, -0.2) is 5.43 Å². The lowest BCUT2D eigenvalue weighted by Crippen LogP contribution is -2.17. The summed E-state index contributed by atoms with van der Waals surface area (Å²) in [7, 11) is 0. The number of furan rings is 1. The first-order valence-corrected chi connectivity index (χ1v) is 7.80. The van der Waals surface area contributed by atoms with Crippen LogP contribution >= 0.6 is 0 Å². The third-order valence-electron chi connectivity index (χ3n) is 3.76.